The Labute approximate surface area is 68.7 Å². The fraction of sp³-hybridized carbons (Fsp3) is 1.00. The van der Waals surface area contributed by atoms with E-state index in [9.17, 15) is 0 Å². The molecular weight excluding hydrogens is 136 g/mol. The topological polar surface area (TPSA) is 29.3 Å². The number of nitrogens with two attached hydrogens (primary N) is 1. The fourth-order valence-corrected chi connectivity index (χ4v) is 2.12. The van der Waals surface area contributed by atoms with E-state index < -0.39 is 0 Å². The standard InChI is InChI=1S/C9H18N2/c10-8-3-2-6-11(7-8)9-4-1-5-9/h8-9H,1-7,10H2/t8-/m0/s1. The Morgan fingerprint density at radius 3 is 2.45 bits per heavy atom. The molecule has 0 bridgehead atoms. The predicted molar refractivity (Wildman–Crippen MR) is 46.4 cm³/mol. The van der Waals surface area contributed by atoms with Crippen molar-refractivity contribution in [2.45, 2.75) is 44.2 Å². The molecule has 0 amide bonds. The van der Waals surface area contributed by atoms with Gasteiger partial charge in [0.1, 0.15) is 0 Å². The zero-order valence-electron chi connectivity index (χ0n) is 7.13. The van der Waals surface area contributed by atoms with Crippen LogP contribution in [0.2, 0.25) is 0 Å². The molecule has 11 heavy (non-hydrogen) atoms. The molecule has 2 fully saturated rings. The lowest BCUT2D eigenvalue weighted by Gasteiger charge is -2.41. The van der Waals surface area contributed by atoms with Crippen LogP contribution in [0.25, 0.3) is 0 Å². The van der Waals surface area contributed by atoms with E-state index in [1.165, 1.54) is 38.6 Å². The van der Waals surface area contributed by atoms with Crippen LogP contribution in [0.15, 0.2) is 0 Å². The molecule has 0 aromatic carbocycles. The Morgan fingerprint density at radius 1 is 1.09 bits per heavy atom. The first-order valence-corrected chi connectivity index (χ1v) is 4.86. The van der Waals surface area contributed by atoms with Crippen LogP contribution in [0.3, 0.4) is 0 Å². The Hall–Kier alpha value is -0.0800. The second-order valence-corrected chi connectivity index (χ2v) is 3.98. The highest BCUT2D eigenvalue weighted by atomic mass is 15.2. The van der Waals surface area contributed by atoms with Crippen molar-refractivity contribution in [2.75, 3.05) is 13.1 Å². The van der Waals surface area contributed by atoms with Crippen molar-refractivity contribution in [3.05, 3.63) is 0 Å². The van der Waals surface area contributed by atoms with Gasteiger partial charge in [-0.25, -0.2) is 0 Å². The fourth-order valence-electron chi connectivity index (χ4n) is 2.12. The van der Waals surface area contributed by atoms with Crippen molar-refractivity contribution in [3.8, 4) is 0 Å². The summed E-state index contributed by atoms with van der Waals surface area (Å²) < 4.78 is 0. The largest absolute Gasteiger partial charge is 0.327 e. The first-order chi connectivity index (χ1) is 5.36. The first-order valence-electron chi connectivity index (χ1n) is 4.86. The normalized spacial score (nSPS) is 35.2. The van der Waals surface area contributed by atoms with Gasteiger partial charge in [-0.15, -0.1) is 0 Å². The number of likely N-dealkylation sites (tertiary alicyclic amines) is 1. The summed E-state index contributed by atoms with van der Waals surface area (Å²) in [5, 5.41) is 0. The van der Waals surface area contributed by atoms with Crippen LogP contribution in [0, 0.1) is 0 Å². The van der Waals surface area contributed by atoms with Crippen molar-refractivity contribution in [1.29, 1.82) is 0 Å². The molecule has 1 atom stereocenters. The van der Waals surface area contributed by atoms with E-state index >= 15 is 0 Å². The second kappa shape index (κ2) is 3.11. The summed E-state index contributed by atoms with van der Waals surface area (Å²) in [4.78, 5) is 2.59. The molecule has 64 valence electrons. The molecule has 2 heteroatoms. The third-order valence-corrected chi connectivity index (χ3v) is 3.08. The van der Waals surface area contributed by atoms with Gasteiger partial charge in [0.05, 0.1) is 0 Å². The van der Waals surface area contributed by atoms with Gasteiger partial charge in [-0.05, 0) is 32.2 Å². The highest BCUT2D eigenvalue weighted by Crippen LogP contribution is 2.26. The highest BCUT2D eigenvalue weighted by Gasteiger charge is 2.27. The molecule has 2 nitrogen and oxygen atoms in total. The molecule has 1 aliphatic carbocycles. The number of piperidine rings is 1. The maximum Gasteiger partial charge on any atom is 0.0168 e. The summed E-state index contributed by atoms with van der Waals surface area (Å²) in [6, 6.07) is 1.37. The third-order valence-electron chi connectivity index (χ3n) is 3.08. The molecule has 1 aliphatic heterocycles. The van der Waals surface area contributed by atoms with Gasteiger partial charge in [-0.2, -0.15) is 0 Å². The summed E-state index contributed by atoms with van der Waals surface area (Å²) in [5.74, 6) is 0. The zero-order valence-corrected chi connectivity index (χ0v) is 7.13. The molecule has 0 radical (unpaired) electrons. The molecule has 0 unspecified atom stereocenters. The van der Waals surface area contributed by atoms with Crippen molar-refractivity contribution in [2.24, 2.45) is 5.73 Å². The van der Waals surface area contributed by atoms with Gasteiger partial charge in [0.2, 0.25) is 0 Å². The van der Waals surface area contributed by atoms with Crippen LogP contribution in [0.5, 0.6) is 0 Å². The molecule has 1 heterocycles. The van der Waals surface area contributed by atoms with E-state index in [2.05, 4.69) is 4.90 Å². The Morgan fingerprint density at radius 2 is 1.91 bits per heavy atom. The average molecular weight is 154 g/mol. The van der Waals surface area contributed by atoms with Crippen LogP contribution < -0.4 is 5.73 Å². The Kier molecular flexibility index (Phi) is 2.14. The molecule has 2 N–H and O–H groups in total. The number of hydrogen-bond donors (Lipinski definition) is 1. The van der Waals surface area contributed by atoms with Crippen LogP contribution in [0.1, 0.15) is 32.1 Å². The van der Waals surface area contributed by atoms with E-state index in [0.717, 1.165) is 12.6 Å². The molecule has 0 spiro atoms. The van der Waals surface area contributed by atoms with E-state index in [0.29, 0.717) is 6.04 Å². The minimum absolute atomic E-state index is 0.462. The summed E-state index contributed by atoms with van der Waals surface area (Å²) in [6.45, 7) is 2.46. The van der Waals surface area contributed by atoms with Crippen LogP contribution in [0.4, 0.5) is 0 Å². The quantitative estimate of drug-likeness (QED) is 0.609. The number of rotatable bonds is 1. The SMILES string of the molecule is N[C@H]1CCCN(C2CCC2)C1. The van der Waals surface area contributed by atoms with E-state index in [1.807, 2.05) is 0 Å². The van der Waals surface area contributed by atoms with E-state index in [1.54, 1.807) is 0 Å². The van der Waals surface area contributed by atoms with Crippen molar-refractivity contribution in [1.82, 2.24) is 4.90 Å². The van der Waals surface area contributed by atoms with Gasteiger partial charge >= 0.3 is 0 Å². The lowest BCUT2D eigenvalue weighted by atomic mass is 9.89. The first kappa shape index (κ1) is 7.56. The van der Waals surface area contributed by atoms with Crippen LogP contribution >= 0.6 is 0 Å². The monoisotopic (exact) mass is 154 g/mol. The molecule has 2 aliphatic rings. The second-order valence-electron chi connectivity index (χ2n) is 3.98. The average Bonchev–Trinajstić information content (AvgIpc) is 1.83. The lowest BCUT2D eigenvalue weighted by Crippen LogP contribution is -2.49. The molecule has 1 saturated carbocycles. The van der Waals surface area contributed by atoms with Gasteiger partial charge in [-0.1, -0.05) is 6.42 Å². The molecule has 1 saturated heterocycles. The molecular formula is C9H18N2. The minimum Gasteiger partial charge on any atom is -0.327 e. The summed E-state index contributed by atoms with van der Waals surface area (Å²) in [5.41, 5.74) is 5.90. The van der Waals surface area contributed by atoms with Gasteiger partial charge in [0.25, 0.3) is 0 Å². The van der Waals surface area contributed by atoms with Crippen molar-refractivity contribution < 1.29 is 0 Å². The van der Waals surface area contributed by atoms with Crippen LogP contribution in [-0.4, -0.2) is 30.1 Å². The van der Waals surface area contributed by atoms with E-state index in [-0.39, 0.29) is 0 Å². The molecule has 2 rings (SSSR count). The lowest BCUT2D eigenvalue weighted by molar-refractivity contribution is 0.0956. The van der Waals surface area contributed by atoms with Gasteiger partial charge in [0, 0.05) is 18.6 Å². The Bertz CT molecular complexity index is 132. The maximum absolute atomic E-state index is 5.90. The Balaban J connectivity index is 1.82. The third kappa shape index (κ3) is 1.57. The van der Waals surface area contributed by atoms with Crippen LogP contribution in [-0.2, 0) is 0 Å². The van der Waals surface area contributed by atoms with E-state index in [4.69, 9.17) is 5.73 Å². The highest BCUT2D eigenvalue weighted by molar-refractivity contribution is 4.85. The minimum atomic E-state index is 0.462. The van der Waals surface area contributed by atoms with Gasteiger partial charge in [-0.3, -0.25) is 4.90 Å². The van der Waals surface area contributed by atoms with Gasteiger partial charge in [0.15, 0.2) is 0 Å². The molecule has 0 aromatic rings. The smallest absolute Gasteiger partial charge is 0.0168 e. The summed E-state index contributed by atoms with van der Waals surface area (Å²) in [7, 11) is 0. The predicted octanol–water partition coefficient (Wildman–Crippen LogP) is 0.962. The summed E-state index contributed by atoms with van der Waals surface area (Å²) >= 11 is 0. The van der Waals surface area contributed by atoms with Crippen molar-refractivity contribution >= 4 is 0 Å². The maximum atomic E-state index is 5.90. The zero-order chi connectivity index (χ0) is 7.68. The number of nitrogens with zero attached hydrogens (tertiary/aromatic N) is 1. The number of hydrogen-bond acceptors (Lipinski definition) is 2. The van der Waals surface area contributed by atoms with Crippen molar-refractivity contribution in [3.63, 3.8) is 0 Å². The summed E-state index contributed by atoms with van der Waals surface area (Å²) in [6.07, 6.45) is 6.84. The molecule has 0 aromatic heterocycles. The van der Waals surface area contributed by atoms with Gasteiger partial charge < -0.3 is 5.73 Å².